The van der Waals surface area contributed by atoms with Gasteiger partial charge in [0.05, 0.1) is 17.2 Å². The Labute approximate surface area is 94.2 Å². The van der Waals surface area contributed by atoms with E-state index in [0.717, 1.165) is 0 Å². The van der Waals surface area contributed by atoms with Crippen molar-refractivity contribution in [3.05, 3.63) is 34.3 Å². The van der Waals surface area contributed by atoms with E-state index >= 15 is 0 Å². The lowest BCUT2D eigenvalue weighted by Crippen LogP contribution is -2.05. The summed E-state index contributed by atoms with van der Waals surface area (Å²) in [5, 5.41) is 0.498. The molecule has 1 aromatic rings. The highest BCUT2D eigenvalue weighted by Crippen LogP contribution is 2.41. The Balaban J connectivity index is 2.21. The highest BCUT2D eigenvalue weighted by molar-refractivity contribution is 6.33. The van der Waals surface area contributed by atoms with Gasteiger partial charge in [-0.05, 0) is 43.4 Å². The summed E-state index contributed by atoms with van der Waals surface area (Å²) >= 11 is 6.03. The van der Waals surface area contributed by atoms with Crippen LogP contribution in [0.2, 0.25) is 5.02 Å². The highest BCUT2D eigenvalue weighted by atomic mass is 35.5. The van der Waals surface area contributed by atoms with Crippen LogP contribution in [0.3, 0.4) is 0 Å². The Bertz CT molecular complexity index is 383. The minimum Gasteiger partial charge on any atom is -0.462 e. The van der Waals surface area contributed by atoms with Gasteiger partial charge in [-0.2, -0.15) is 0 Å². The molecule has 1 aromatic carbocycles. The van der Waals surface area contributed by atoms with Crippen molar-refractivity contribution in [1.82, 2.24) is 0 Å². The maximum absolute atomic E-state index is 11.5. The molecule has 2 nitrogen and oxygen atoms in total. The normalized spacial score (nSPS) is 15.1. The second kappa shape index (κ2) is 4.23. The van der Waals surface area contributed by atoms with E-state index in [9.17, 15) is 4.79 Å². The molecule has 0 atom stereocenters. The van der Waals surface area contributed by atoms with E-state index in [-0.39, 0.29) is 5.97 Å². The van der Waals surface area contributed by atoms with Crippen LogP contribution < -0.4 is 0 Å². The molecule has 2 rings (SSSR count). The largest absolute Gasteiger partial charge is 0.462 e. The van der Waals surface area contributed by atoms with Crippen LogP contribution in [-0.2, 0) is 4.74 Å². The van der Waals surface area contributed by atoms with Crippen molar-refractivity contribution in [2.24, 2.45) is 0 Å². The third kappa shape index (κ3) is 2.32. The molecule has 80 valence electrons. The van der Waals surface area contributed by atoms with Crippen LogP contribution in [-0.4, -0.2) is 12.6 Å². The molecule has 1 saturated carbocycles. The Morgan fingerprint density at radius 1 is 1.53 bits per heavy atom. The smallest absolute Gasteiger partial charge is 0.339 e. The number of ether oxygens (including phenoxy) is 1. The van der Waals surface area contributed by atoms with Gasteiger partial charge in [0, 0.05) is 0 Å². The molecule has 1 aliphatic rings. The third-order valence-corrected chi connectivity index (χ3v) is 2.85. The van der Waals surface area contributed by atoms with Gasteiger partial charge in [-0.1, -0.05) is 17.7 Å². The summed E-state index contributed by atoms with van der Waals surface area (Å²) < 4.78 is 4.90. The van der Waals surface area contributed by atoms with Crippen LogP contribution in [0.5, 0.6) is 0 Å². The Hall–Kier alpha value is -1.02. The zero-order valence-corrected chi connectivity index (χ0v) is 9.38. The quantitative estimate of drug-likeness (QED) is 0.736. The van der Waals surface area contributed by atoms with Crippen molar-refractivity contribution in [3.8, 4) is 0 Å². The molecule has 3 heteroatoms. The molecule has 1 aliphatic carbocycles. The molecule has 0 aliphatic heterocycles. The predicted molar refractivity (Wildman–Crippen MR) is 59.4 cm³/mol. The lowest BCUT2D eigenvalue weighted by Gasteiger charge is -2.05. The molecule has 0 saturated heterocycles. The van der Waals surface area contributed by atoms with E-state index in [1.54, 1.807) is 13.0 Å². The second-order valence-corrected chi connectivity index (χ2v) is 4.14. The van der Waals surface area contributed by atoms with E-state index in [2.05, 4.69) is 0 Å². The fourth-order valence-corrected chi connectivity index (χ4v) is 1.84. The first-order valence-electron chi connectivity index (χ1n) is 5.19. The first-order valence-corrected chi connectivity index (χ1v) is 5.56. The van der Waals surface area contributed by atoms with Gasteiger partial charge in [0.1, 0.15) is 0 Å². The highest BCUT2D eigenvalue weighted by Gasteiger charge is 2.24. The summed E-state index contributed by atoms with van der Waals surface area (Å²) in [4.78, 5) is 11.5. The van der Waals surface area contributed by atoms with Crippen molar-refractivity contribution in [1.29, 1.82) is 0 Å². The van der Waals surface area contributed by atoms with E-state index in [1.165, 1.54) is 18.4 Å². The number of esters is 1. The van der Waals surface area contributed by atoms with Gasteiger partial charge in [-0.25, -0.2) is 4.79 Å². The number of hydrogen-bond donors (Lipinski definition) is 0. The summed E-state index contributed by atoms with van der Waals surface area (Å²) in [5.41, 5.74) is 1.69. The van der Waals surface area contributed by atoms with Crippen LogP contribution in [0.15, 0.2) is 18.2 Å². The standard InChI is InChI=1S/C12H13ClO2/c1-2-15-12(14)10-6-5-9(7-11(10)13)8-3-4-8/h5-8H,2-4H2,1H3. The van der Waals surface area contributed by atoms with E-state index < -0.39 is 0 Å². The maximum atomic E-state index is 11.5. The van der Waals surface area contributed by atoms with Gasteiger partial charge >= 0.3 is 5.97 Å². The predicted octanol–water partition coefficient (Wildman–Crippen LogP) is 3.39. The van der Waals surface area contributed by atoms with Crippen molar-refractivity contribution in [3.63, 3.8) is 0 Å². The lowest BCUT2D eigenvalue weighted by atomic mass is 10.1. The summed E-state index contributed by atoms with van der Waals surface area (Å²) in [5.74, 6) is 0.309. The average molecular weight is 225 g/mol. The monoisotopic (exact) mass is 224 g/mol. The van der Waals surface area contributed by atoms with Gasteiger partial charge in [0.15, 0.2) is 0 Å². The average Bonchev–Trinajstić information content (AvgIpc) is 3.01. The van der Waals surface area contributed by atoms with Crippen LogP contribution in [0.1, 0.15) is 41.6 Å². The van der Waals surface area contributed by atoms with Gasteiger partial charge in [-0.15, -0.1) is 0 Å². The molecule has 0 spiro atoms. The van der Waals surface area contributed by atoms with Gasteiger partial charge < -0.3 is 4.74 Å². The van der Waals surface area contributed by atoms with E-state index in [0.29, 0.717) is 23.1 Å². The minimum absolute atomic E-state index is 0.343. The molecule has 0 bridgehead atoms. The molecule has 0 amide bonds. The van der Waals surface area contributed by atoms with Crippen LogP contribution in [0, 0.1) is 0 Å². The molecule has 1 fully saturated rings. The lowest BCUT2D eigenvalue weighted by molar-refractivity contribution is 0.0526. The second-order valence-electron chi connectivity index (χ2n) is 3.73. The number of benzene rings is 1. The van der Waals surface area contributed by atoms with Gasteiger partial charge in [0.25, 0.3) is 0 Å². The molecule has 0 aromatic heterocycles. The SMILES string of the molecule is CCOC(=O)c1ccc(C2CC2)cc1Cl. The molecule has 0 radical (unpaired) electrons. The van der Waals surface area contributed by atoms with Crippen molar-refractivity contribution < 1.29 is 9.53 Å². The van der Waals surface area contributed by atoms with Crippen LogP contribution in [0.25, 0.3) is 0 Å². The molecule has 0 unspecified atom stereocenters. The maximum Gasteiger partial charge on any atom is 0.339 e. The number of carbonyl (C=O) groups is 1. The van der Waals surface area contributed by atoms with Crippen molar-refractivity contribution in [2.75, 3.05) is 6.61 Å². The first-order chi connectivity index (χ1) is 7.22. The minimum atomic E-state index is -0.343. The summed E-state index contributed by atoms with van der Waals surface area (Å²) in [6.45, 7) is 2.16. The summed E-state index contributed by atoms with van der Waals surface area (Å²) in [6, 6.07) is 5.61. The van der Waals surface area contributed by atoms with E-state index in [4.69, 9.17) is 16.3 Å². The van der Waals surface area contributed by atoms with Crippen molar-refractivity contribution in [2.45, 2.75) is 25.7 Å². The molecular formula is C12H13ClO2. The number of halogens is 1. The first kappa shape index (κ1) is 10.5. The summed E-state index contributed by atoms with van der Waals surface area (Å²) in [7, 11) is 0. The molecule has 15 heavy (non-hydrogen) atoms. The van der Waals surface area contributed by atoms with Gasteiger partial charge in [-0.3, -0.25) is 0 Å². The van der Waals surface area contributed by atoms with Crippen LogP contribution in [0.4, 0.5) is 0 Å². The van der Waals surface area contributed by atoms with Crippen molar-refractivity contribution >= 4 is 17.6 Å². The molecular weight excluding hydrogens is 212 g/mol. The number of carbonyl (C=O) groups excluding carboxylic acids is 1. The Morgan fingerprint density at radius 2 is 2.27 bits per heavy atom. The topological polar surface area (TPSA) is 26.3 Å². The molecule has 0 heterocycles. The Morgan fingerprint density at radius 3 is 2.80 bits per heavy atom. The number of hydrogen-bond acceptors (Lipinski definition) is 2. The van der Waals surface area contributed by atoms with Crippen LogP contribution >= 0.6 is 11.6 Å². The fraction of sp³-hybridized carbons (Fsp3) is 0.417. The third-order valence-electron chi connectivity index (χ3n) is 2.54. The number of rotatable bonds is 3. The zero-order chi connectivity index (χ0) is 10.8. The van der Waals surface area contributed by atoms with E-state index in [1.807, 2.05) is 12.1 Å². The van der Waals surface area contributed by atoms with Gasteiger partial charge in [0.2, 0.25) is 0 Å². The fourth-order valence-electron chi connectivity index (χ4n) is 1.58. The molecule has 0 N–H and O–H groups in total. The Kier molecular flexibility index (Phi) is 2.96. The summed E-state index contributed by atoms with van der Waals surface area (Å²) in [6.07, 6.45) is 2.46. The zero-order valence-electron chi connectivity index (χ0n) is 8.63.